The fourth-order valence-electron chi connectivity index (χ4n) is 3.46. The third-order valence-corrected chi connectivity index (χ3v) is 4.55. The Balaban J connectivity index is 2.16. The lowest BCUT2D eigenvalue weighted by atomic mass is 9.69. The summed E-state index contributed by atoms with van der Waals surface area (Å²) in [6.45, 7) is 0. The Morgan fingerprint density at radius 2 is 2.15 bits per heavy atom. The summed E-state index contributed by atoms with van der Waals surface area (Å²) in [6.07, 6.45) is -4.88. The number of carbonyl (C=O) groups is 1. The van der Waals surface area contributed by atoms with Gasteiger partial charge in [0.05, 0.1) is 12.7 Å². The maximum Gasteiger partial charge on any atom is 0.433 e. The number of nitrogens with zero attached hydrogens (tertiary/aromatic N) is 2. The Labute approximate surface area is 149 Å². The molecule has 0 aliphatic carbocycles. The molecule has 1 aromatic carbocycles. The highest BCUT2D eigenvalue weighted by atomic mass is 19.4. The number of aromatic amines is 1. The lowest BCUT2D eigenvalue weighted by Gasteiger charge is -2.32. The van der Waals surface area contributed by atoms with Crippen LogP contribution in [0.5, 0.6) is 11.6 Å². The van der Waals surface area contributed by atoms with Crippen molar-refractivity contribution >= 4 is 11.6 Å². The van der Waals surface area contributed by atoms with Gasteiger partial charge in [-0.05, 0) is 18.2 Å². The molecular formula is C16H10F3N5O3. The van der Waals surface area contributed by atoms with E-state index in [-0.39, 0.29) is 17.0 Å². The highest BCUT2D eigenvalue weighted by Gasteiger charge is 2.61. The molecule has 0 saturated heterocycles. The van der Waals surface area contributed by atoms with Crippen LogP contribution in [0, 0.1) is 11.3 Å². The first-order valence-corrected chi connectivity index (χ1v) is 7.49. The predicted octanol–water partition coefficient (Wildman–Crippen LogP) is 1.76. The molecule has 4 N–H and O–H groups in total. The van der Waals surface area contributed by atoms with E-state index in [1.807, 2.05) is 5.10 Å². The third-order valence-electron chi connectivity index (χ3n) is 4.55. The molecule has 0 fully saturated rings. The molecule has 0 bridgehead atoms. The molecule has 1 aromatic heterocycles. The van der Waals surface area contributed by atoms with Crippen molar-refractivity contribution < 1.29 is 27.4 Å². The number of alkyl halides is 3. The summed E-state index contributed by atoms with van der Waals surface area (Å²) < 4.78 is 51.1. The summed E-state index contributed by atoms with van der Waals surface area (Å²) in [4.78, 5) is 13.0. The number of halogens is 3. The largest absolute Gasteiger partial charge is 0.497 e. The minimum atomic E-state index is -4.88. The standard InChI is InChI=1S/C16H10F3N5O3/c1-26-6-2-3-9-7(4-6)15(14(25)22-9)8(5-20)12(21)27-13-10(15)11(23-24-13)16(17,18)19/h2-4H,21H2,1H3,(H,22,25)(H,23,24). The van der Waals surface area contributed by atoms with Gasteiger partial charge in [0, 0.05) is 11.3 Å². The number of nitriles is 1. The average molecular weight is 377 g/mol. The molecule has 1 unspecified atom stereocenters. The van der Waals surface area contributed by atoms with Gasteiger partial charge in [0.15, 0.2) is 0 Å². The Morgan fingerprint density at radius 3 is 2.78 bits per heavy atom. The van der Waals surface area contributed by atoms with Gasteiger partial charge in [-0.3, -0.25) is 9.89 Å². The lowest BCUT2D eigenvalue weighted by Crippen LogP contribution is -2.43. The molecule has 1 amide bonds. The van der Waals surface area contributed by atoms with E-state index < -0.39 is 46.1 Å². The highest BCUT2D eigenvalue weighted by Crippen LogP contribution is 2.56. The van der Waals surface area contributed by atoms with Crippen molar-refractivity contribution in [2.24, 2.45) is 5.73 Å². The van der Waals surface area contributed by atoms with E-state index in [1.54, 1.807) is 6.07 Å². The summed E-state index contributed by atoms with van der Waals surface area (Å²) in [6, 6.07) is 6.09. The number of anilines is 1. The SMILES string of the molecule is COc1ccc2c(c1)C1(C(=O)N2)C(C#N)=C(N)Oc2n[nH]c(C(F)(F)F)c21. The zero-order chi connectivity index (χ0) is 19.6. The van der Waals surface area contributed by atoms with Crippen LogP contribution in [0.2, 0.25) is 0 Å². The van der Waals surface area contributed by atoms with Crippen molar-refractivity contribution in [2.45, 2.75) is 11.6 Å². The van der Waals surface area contributed by atoms with Crippen molar-refractivity contribution in [3.05, 3.63) is 46.5 Å². The maximum absolute atomic E-state index is 13.6. The summed E-state index contributed by atoms with van der Waals surface area (Å²) in [7, 11) is 1.36. The van der Waals surface area contributed by atoms with Crippen molar-refractivity contribution in [1.29, 1.82) is 5.26 Å². The molecule has 0 saturated carbocycles. The topological polar surface area (TPSA) is 126 Å². The molecule has 3 heterocycles. The molecule has 2 aliphatic rings. The normalized spacial score (nSPS) is 20.6. The second-order valence-electron chi connectivity index (χ2n) is 5.85. The number of hydrogen-bond donors (Lipinski definition) is 3. The third kappa shape index (κ3) is 1.97. The first-order valence-electron chi connectivity index (χ1n) is 7.49. The molecule has 27 heavy (non-hydrogen) atoms. The first-order chi connectivity index (χ1) is 12.7. The number of rotatable bonds is 1. The number of fused-ring (bicyclic) bond motifs is 4. The first kappa shape index (κ1) is 16.8. The van der Waals surface area contributed by atoms with Gasteiger partial charge >= 0.3 is 6.18 Å². The molecule has 2 aromatic rings. The zero-order valence-electron chi connectivity index (χ0n) is 13.6. The number of hydrogen-bond acceptors (Lipinski definition) is 6. The van der Waals surface area contributed by atoms with Crippen molar-refractivity contribution in [3.63, 3.8) is 0 Å². The molecule has 4 rings (SSSR count). The second-order valence-corrected chi connectivity index (χ2v) is 5.85. The van der Waals surface area contributed by atoms with Gasteiger partial charge in [-0.15, -0.1) is 5.10 Å². The number of H-pyrrole nitrogens is 1. The van der Waals surface area contributed by atoms with Crippen LogP contribution < -0.4 is 20.5 Å². The maximum atomic E-state index is 13.6. The van der Waals surface area contributed by atoms with Gasteiger partial charge in [-0.2, -0.15) is 18.4 Å². The minimum absolute atomic E-state index is 0.0859. The number of benzene rings is 1. The summed E-state index contributed by atoms with van der Waals surface area (Å²) in [5, 5.41) is 17.5. The Morgan fingerprint density at radius 1 is 1.41 bits per heavy atom. The van der Waals surface area contributed by atoms with Crippen molar-refractivity contribution in [2.75, 3.05) is 12.4 Å². The monoisotopic (exact) mass is 377 g/mol. The van der Waals surface area contributed by atoms with Gasteiger partial charge in [-0.25, -0.2) is 0 Å². The fraction of sp³-hybridized carbons (Fsp3) is 0.188. The number of carbonyl (C=O) groups excluding carboxylic acids is 1. The summed E-state index contributed by atoms with van der Waals surface area (Å²) in [5.74, 6) is -1.62. The van der Waals surface area contributed by atoms with Crippen LogP contribution in [0.15, 0.2) is 29.7 Å². The fourth-order valence-corrected chi connectivity index (χ4v) is 3.46. The molecular weight excluding hydrogens is 367 g/mol. The smallest absolute Gasteiger partial charge is 0.433 e. The number of amides is 1. The van der Waals surface area contributed by atoms with Crippen LogP contribution in [-0.4, -0.2) is 23.2 Å². The molecule has 138 valence electrons. The van der Waals surface area contributed by atoms with Crippen LogP contribution in [0.3, 0.4) is 0 Å². The van der Waals surface area contributed by atoms with Crippen LogP contribution >= 0.6 is 0 Å². The van der Waals surface area contributed by atoms with E-state index in [4.69, 9.17) is 15.2 Å². The Hall–Kier alpha value is -3.68. The van der Waals surface area contributed by atoms with E-state index in [1.165, 1.54) is 25.3 Å². The number of ether oxygens (including phenoxy) is 2. The van der Waals surface area contributed by atoms with E-state index in [0.717, 1.165) is 0 Å². The Kier molecular flexibility index (Phi) is 3.21. The molecule has 1 spiro atoms. The van der Waals surface area contributed by atoms with Crippen LogP contribution in [0.1, 0.15) is 16.8 Å². The minimum Gasteiger partial charge on any atom is -0.497 e. The highest BCUT2D eigenvalue weighted by molar-refractivity contribution is 6.13. The summed E-state index contributed by atoms with van der Waals surface area (Å²) in [5.41, 5.74) is 1.51. The lowest BCUT2D eigenvalue weighted by molar-refractivity contribution is -0.142. The van der Waals surface area contributed by atoms with Gasteiger partial charge in [0.1, 0.15) is 28.5 Å². The predicted molar refractivity (Wildman–Crippen MR) is 83.4 cm³/mol. The second kappa shape index (κ2) is 5.16. The summed E-state index contributed by atoms with van der Waals surface area (Å²) >= 11 is 0. The quantitative estimate of drug-likeness (QED) is 0.695. The van der Waals surface area contributed by atoms with Gasteiger partial charge < -0.3 is 20.5 Å². The van der Waals surface area contributed by atoms with Crippen molar-refractivity contribution in [1.82, 2.24) is 10.2 Å². The van der Waals surface area contributed by atoms with Crippen LogP contribution in [-0.2, 0) is 16.4 Å². The molecule has 8 nitrogen and oxygen atoms in total. The van der Waals surface area contributed by atoms with E-state index in [0.29, 0.717) is 0 Å². The van der Waals surface area contributed by atoms with E-state index in [2.05, 4.69) is 10.4 Å². The van der Waals surface area contributed by atoms with E-state index in [9.17, 15) is 23.2 Å². The number of nitrogens with one attached hydrogen (secondary N) is 2. The number of methoxy groups -OCH3 is 1. The van der Waals surface area contributed by atoms with Gasteiger partial charge in [-0.1, -0.05) is 0 Å². The van der Waals surface area contributed by atoms with Crippen molar-refractivity contribution in [3.8, 4) is 17.7 Å². The zero-order valence-corrected chi connectivity index (χ0v) is 13.6. The van der Waals surface area contributed by atoms with Crippen LogP contribution in [0.25, 0.3) is 0 Å². The molecule has 2 aliphatic heterocycles. The van der Waals surface area contributed by atoms with Gasteiger partial charge in [0.25, 0.3) is 0 Å². The Bertz CT molecular complexity index is 1070. The average Bonchev–Trinajstić information content (AvgIpc) is 3.15. The van der Waals surface area contributed by atoms with Crippen LogP contribution in [0.4, 0.5) is 18.9 Å². The molecule has 1 atom stereocenters. The number of aromatic nitrogens is 2. The molecule has 11 heteroatoms. The van der Waals surface area contributed by atoms with E-state index >= 15 is 0 Å². The van der Waals surface area contributed by atoms with Gasteiger partial charge in [0.2, 0.25) is 17.7 Å². The number of nitrogens with two attached hydrogens (primary N) is 1. The molecule has 0 radical (unpaired) electrons.